The Balaban J connectivity index is 1.37. The number of methoxy groups -OCH3 is 1. The van der Waals surface area contributed by atoms with Crippen molar-refractivity contribution >= 4 is 29.8 Å². The minimum absolute atomic E-state index is 0.0430. The number of amides is 4. The summed E-state index contributed by atoms with van der Waals surface area (Å²) in [6.45, 7) is 4.82. The zero-order chi connectivity index (χ0) is 24.1. The lowest BCUT2D eigenvalue weighted by atomic mass is 9.71. The molecule has 4 amide bonds. The van der Waals surface area contributed by atoms with Gasteiger partial charge in [-0.3, -0.25) is 19.8 Å². The molecule has 1 spiro atoms. The van der Waals surface area contributed by atoms with Crippen LogP contribution in [0.1, 0.15) is 55.3 Å². The van der Waals surface area contributed by atoms with Crippen molar-refractivity contribution in [3.05, 3.63) is 23.8 Å². The quantitative estimate of drug-likeness (QED) is 0.485. The monoisotopic (exact) mass is 470 g/mol. The van der Waals surface area contributed by atoms with Crippen LogP contribution in [0.25, 0.3) is 0 Å². The molecule has 0 saturated carbocycles. The number of benzene rings is 1. The number of urea groups is 1. The highest BCUT2D eigenvalue weighted by molar-refractivity contribution is 6.07. The smallest absolute Gasteiger partial charge is 0.328 e. The Kier molecular flexibility index (Phi) is 7.50. The predicted molar refractivity (Wildman–Crippen MR) is 127 cm³/mol. The topological polar surface area (TPSA) is 99.3 Å². The van der Waals surface area contributed by atoms with Gasteiger partial charge >= 0.3 is 6.03 Å². The Bertz CT molecular complexity index is 931. The number of ether oxygens (including phenoxy) is 1. The number of aldehydes is 1. The van der Waals surface area contributed by atoms with E-state index in [4.69, 9.17) is 4.74 Å². The molecule has 3 aliphatic heterocycles. The average molecular weight is 471 g/mol. The lowest BCUT2D eigenvalue weighted by Crippen LogP contribution is -2.50. The van der Waals surface area contributed by atoms with Crippen LogP contribution in [-0.2, 0) is 9.59 Å². The van der Waals surface area contributed by atoms with E-state index in [0.29, 0.717) is 28.8 Å². The van der Waals surface area contributed by atoms with Crippen molar-refractivity contribution in [2.24, 2.45) is 5.41 Å². The van der Waals surface area contributed by atoms with Crippen molar-refractivity contribution in [1.29, 1.82) is 0 Å². The maximum atomic E-state index is 13.3. The van der Waals surface area contributed by atoms with Gasteiger partial charge in [0.25, 0.3) is 5.91 Å². The van der Waals surface area contributed by atoms with E-state index < -0.39 is 6.03 Å². The van der Waals surface area contributed by atoms with E-state index in [-0.39, 0.29) is 24.8 Å². The molecule has 0 radical (unpaired) electrons. The highest BCUT2D eigenvalue weighted by atomic mass is 16.5. The summed E-state index contributed by atoms with van der Waals surface area (Å²) in [5, 5.41) is 2.32. The molecular formula is C25H34N4O5. The number of hydrogen-bond donors (Lipinski definition) is 1. The predicted octanol–water partition coefficient (Wildman–Crippen LogP) is 2.44. The van der Waals surface area contributed by atoms with Gasteiger partial charge in [0.1, 0.15) is 12.0 Å². The van der Waals surface area contributed by atoms with Crippen LogP contribution in [0.15, 0.2) is 18.2 Å². The number of carbonyl (C=O) groups is 4. The molecule has 3 fully saturated rings. The number of anilines is 1. The maximum Gasteiger partial charge on any atom is 0.328 e. The number of piperidine rings is 2. The van der Waals surface area contributed by atoms with Gasteiger partial charge in [0.05, 0.1) is 12.8 Å². The highest BCUT2D eigenvalue weighted by Gasteiger charge is 2.38. The van der Waals surface area contributed by atoms with Gasteiger partial charge in [-0.05, 0) is 75.4 Å². The molecule has 3 aliphatic rings. The second-order valence-corrected chi connectivity index (χ2v) is 9.58. The molecule has 0 atom stereocenters. The first-order valence-electron chi connectivity index (χ1n) is 12.2. The third-order valence-electron chi connectivity index (χ3n) is 7.59. The largest absolute Gasteiger partial charge is 0.495 e. The number of rotatable bonds is 7. The van der Waals surface area contributed by atoms with Crippen LogP contribution >= 0.6 is 0 Å². The zero-order valence-corrected chi connectivity index (χ0v) is 19.9. The molecule has 1 aromatic carbocycles. The standard InChI is InChI=1S/C25H34N4O5/c1-34-21-5-4-19(18-20(21)29-12-6-22(31)26-24(29)33)23(32)28-15-9-25(10-16-28)7-13-27(14-8-25)11-2-3-17-30/h4-5,17-18H,2-3,6-16H2,1H3,(H,26,31,33). The molecule has 3 heterocycles. The third kappa shape index (κ3) is 5.24. The minimum atomic E-state index is -0.503. The van der Waals surface area contributed by atoms with Gasteiger partial charge < -0.3 is 19.3 Å². The fourth-order valence-corrected chi connectivity index (χ4v) is 5.34. The van der Waals surface area contributed by atoms with Crippen molar-refractivity contribution in [3.8, 4) is 5.75 Å². The molecule has 9 heteroatoms. The van der Waals surface area contributed by atoms with Crippen LogP contribution in [0.3, 0.4) is 0 Å². The first-order valence-corrected chi connectivity index (χ1v) is 12.2. The van der Waals surface area contributed by atoms with Crippen molar-refractivity contribution in [2.45, 2.75) is 44.9 Å². The molecule has 9 nitrogen and oxygen atoms in total. The van der Waals surface area contributed by atoms with Crippen molar-refractivity contribution < 1.29 is 23.9 Å². The molecule has 1 aromatic rings. The number of likely N-dealkylation sites (tertiary alicyclic amines) is 2. The summed E-state index contributed by atoms with van der Waals surface area (Å²) < 4.78 is 5.42. The van der Waals surface area contributed by atoms with Crippen LogP contribution in [0.2, 0.25) is 0 Å². The molecule has 184 valence electrons. The fourth-order valence-electron chi connectivity index (χ4n) is 5.34. The summed E-state index contributed by atoms with van der Waals surface area (Å²) in [5.41, 5.74) is 1.32. The number of carbonyl (C=O) groups excluding carboxylic acids is 4. The second-order valence-electron chi connectivity index (χ2n) is 9.58. The molecule has 1 N–H and O–H groups in total. The van der Waals surface area contributed by atoms with Crippen molar-refractivity contribution in [1.82, 2.24) is 15.1 Å². The van der Waals surface area contributed by atoms with E-state index in [1.807, 2.05) is 4.90 Å². The Morgan fingerprint density at radius 1 is 1.09 bits per heavy atom. The number of nitrogens with one attached hydrogen (secondary N) is 1. The van der Waals surface area contributed by atoms with Gasteiger partial charge in [0.2, 0.25) is 5.91 Å². The van der Waals surface area contributed by atoms with Crippen molar-refractivity contribution in [3.63, 3.8) is 0 Å². The van der Waals surface area contributed by atoms with Crippen molar-refractivity contribution in [2.75, 3.05) is 51.3 Å². The maximum absolute atomic E-state index is 13.3. The Morgan fingerprint density at radius 3 is 2.44 bits per heavy atom. The molecule has 0 bridgehead atoms. The van der Waals surface area contributed by atoms with Gasteiger partial charge in [0, 0.05) is 38.0 Å². The van der Waals surface area contributed by atoms with Gasteiger partial charge in [-0.15, -0.1) is 0 Å². The Labute approximate surface area is 200 Å². The number of nitrogens with zero attached hydrogens (tertiary/aromatic N) is 3. The number of imide groups is 1. The summed E-state index contributed by atoms with van der Waals surface area (Å²) in [6, 6.07) is 4.63. The van der Waals surface area contributed by atoms with Crippen LogP contribution in [-0.4, -0.2) is 80.3 Å². The molecule has 0 unspecified atom stereocenters. The van der Waals surface area contributed by atoms with Crippen LogP contribution < -0.4 is 15.0 Å². The third-order valence-corrected chi connectivity index (χ3v) is 7.59. The summed E-state index contributed by atoms with van der Waals surface area (Å²) in [5.74, 6) is 0.138. The second kappa shape index (κ2) is 10.5. The van der Waals surface area contributed by atoms with Crippen LogP contribution in [0.4, 0.5) is 10.5 Å². The summed E-state index contributed by atoms with van der Waals surface area (Å²) in [4.78, 5) is 53.5. The number of unbranched alkanes of at least 4 members (excludes halogenated alkanes) is 1. The van der Waals surface area contributed by atoms with Crippen LogP contribution in [0.5, 0.6) is 5.75 Å². The van der Waals surface area contributed by atoms with Crippen LogP contribution in [0, 0.1) is 5.41 Å². The van der Waals surface area contributed by atoms with E-state index in [9.17, 15) is 19.2 Å². The van der Waals surface area contributed by atoms with Gasteiger partial charge in [-0.1, -0.05) is 0 Å². The molecule has 0 aromatic heterocycles. The Morgan fingerprint density at radius 2 is 1.79 bits per heavy atom. The van der Waals surface area contributed by atoms with Gasteiger partial charge in [-0.2, -0.15) is 0 Å². The van der Waals surface area contributed by atoms with E-state index in [1.54, 1.807) is 18.2 Å². The molecule has 4 rings (SSSR count). The first-order chi connectivity index (χ1) is 16.4. The summed E-state index contributed by atoms with van der Waals surface area (Å²) in [7, 11) is 1.52. The number of hydrogen-bond acceptors (Lipinski definition) is 6. The minimum Gasteiger partial charge on any atom is -0.495 e. The lowest BCUT2D eigenvalue weighted by molar-refractivity contribution is -0.120. The summed E-state index contributed by atoms with van der Waals surface area (Å²) >= 11 is 0. The van der Waals surface area contributed by atoms with E-state index in [1.165, 1.54) is 12.0 Å². The SMILES string of the molecule is COc1ccc(C(=O)N2CCC3(CCN(CCCC=O)CC3)CC2)cc1N1CCC(=O)NC1=O. The molecule has 3 saturated heterocycles. The van der Waals surface area contributed by atoms with E-state index >= 15 is 0 Å². The average Bonchev–Trinajstić information content (AvgIpc) is 2.85. The van der Waals surface area contributed by atoms with E-state index in [2.05, 4.69) is 10.2 Å². The van der Waals surface area contributed by atoms with Gasteiger partial charge in [-0.25, -0.2) is 4.79 Å². The first kappa shape index (κ1) is 24.2. The van der Waals surface area contributed by atoms with E-state index in [0.717, 1.165) is 71.1 Å². The zero-order valence-electron chi connectivity index (χ0n) is 19.9. The molecule has 34 heavy (non-hydrogen) atoms. The normalized spacial score (nSPS) is 20.9. The Hall–Kier alpha value is -2.94. The fraction of sp³-hybridized carbons (Fsp3) is 0.600. The summed E-state index contributed by atoms with van der Waals surface area (Å²) in [6.07, 6.45) is 7.05. The van der Waals surface area contributed by atoms with Gasteiger partial charge in [0.15, 0.2) is 0 Å². The molecular weight excluding hydrogens is 436 g/mol. The highest BCUT2D eigenvalue weighted by Crippen LogP contribution is 2.41. The lowest BCUT2D eigenvalue weighted by Gasteiger charge is -2.47. The molecule has 0 aliphatic carbocycles.